The van der Waals surface area contributed by atoms with Crippen molar-refractivity contribution in [1.29, 1.82) is 0 Å². The highest BCUT2D eigenvalue weighted by Crippen LogP contribution is 2.06. The van der Waals surface area contributed by atoms with Crippen molar-refractivity contribution < 1.29 is 9.59 Å². The first kappa shape index (κ1) is 13.1. The lowest BCUT2D eigenvalue weighted by Gasteiger charge is -2.15. The van der Waals surface area contributed by atoms with Crippen molar-refractivity contribution in [1.82, 2.24) is 10.6 Å². The number of rotatable bonds is 4. The van der Waals surface area contributed by atoms with Crippen molar-refractivity contribution in [3.8, 4) is 0 Å². The first-order valence-electron chi connectivity index (χ1n) is 5.84. The second kappa shape index (κ2) is 5.96. The van der Waals surface area contributed by atoms with E-state index in [2.05, 4.69) is 10.6 Å². The van der Waals surface area contributed by atoms with Crippen LogP contribution in [0.1, 0.15) is 33.1 Å². The SMILES string of the molecule is CC(C)C[C@H](N)C(=O)NC(=O)[C@@H]1CCCN1. The smallest absolute Gasteiger partial charge is 0.243 e. The zero-order valence-electron chi connectivity index (χ0n) is 9.95. The van der Waals surface area contributed by atoms with E-state index in [4.69, 9.17) is 5.73 Å². The molecule has 0 spiro atoms. The van der Waals surface area contributed by atoms with Gasteiger partial charge in [-0.15, -0.1) is 0 Å². The molecule has 5 heteroatoms. The largest absolute Gasteiger partial charge is 0.320 e. The number of carbonyl (C=O) groups is 2. The molecule has 0 unspecified atom stereocenters. The van der Waals surface area contributed by atoms with E-state index in [1.165, 1.54) is 0 Å². The summed E-state index contributed by atoms with van der Waals surface area (Å²) in [5, 5.41) is 5.40. The number of amides is 2. The van der Waals surface area contributed by atoms with Crippen molar-refractivity contribution in [2.75, 3.05) is 6.54 Å². The summed E-state index contributed by atoms with van der Waals surface area (Å²) in [4.78, 5) is 23.2. The summed E-state index contributed by atoms with van der Waals surface area (Å²) >= 11 is 0. The van der Waals surface area contributed by atoms with Crippen LogP contribution in [0.3, 0.4) is 0 Å². The van der Waals surface area contributed by atoms with Gasteiger partial charge in [-0.25, -0.2) is 0 Å². The van der Waals surface area contributed by atoms with Crippen molar-refractivity contribution >= 4 is 11.8 Å². The van der Waals surface area contributed by atoms with Gasteiger partial charge >= 0.3 is 0 Å². The van der Waals surface area contributed by atoms with Gasteiger partial charge in [-0.3, -0.25) is 14.9 Å². The Bertz CT molecular complexity index is 260. The minimum Gasteiger partial charge on any atom is -0.320 e. The number of hydrogen-bond donors (Lipinski definition) is 3. The minimum atomic E-state index is -0.592. The van der Waals surface area contributed by atoms with Gasteiger partial charge in [-0.1, -0.05) is 13.8 Å². The molecule has 0 aromatic carbocycles. The Morgan fingerprint density at radius 2 is 2.19 bits per heavy atom. The third-order valence-corrected chi connectivity index (χ3v) is 2.69. The van der Waals surface area contributed by atoms with E-state index in [0.717, 1.165) is 19.4 Å². The lowest BCUT2D eigenvalue weighted by Crippen LogP contribution is -2.49. The van der Waals surface area contributed by atoms with Crippen LogP contribution in [0, 0.1) is 5.92 Å². The van der Waals surface area contributed by atoms with Crippen LogP contribution in [0.2, 0.25) is 0 Å². The molecule has 1 fully saturated rings. The summed E-state index contributed by atoms with van der Waals surface area (Å²) in [6.07, 6.45) is 2.36. The number of nitrogens with two attached hydrogens (primary N) is 1. The quantitative estimate of drug-likeness (QED) is 0.618. The highest BCUT2D eigenvalue weighted by atomic mass is 16.2. The Labute approximate surface area is 96.1 Å². The molecule has 1 aliphatic heterocycles. The second-order valence-electron chi connectivity index (χ2n) is 4.74. The van der Waals surface area contributed by atoms with Gasteiger partial charge in [0.05, 0.1) is 12.1 Å². The summed E-state index contributed by atoms with van der Waals surface area (Å²) < 4.78 is 0. The van der Waals surface area contributed by atoms with Crippen LogP contribution in [-0.4, -0.2) is 30.4 Å². The van der Waals surface area contributed by atoms with Gasteiger partial charge in [0.25, 0.3) is 0 Å². The average Bonchev–Trinajstić information content (AvgIpc) is 2.68. The van der Waals surface area contributed by atoms with Crippen molar-refractivity contribution in [3.05, 3.63) is 0 Å². The van der Waals surface area contributed by atoms with Gasteiger partial charge in [0.2, 0.25) is 11.8 Å². The molecule has 16 heavy (non-hydrogen) atoms. The molecule has 0 bridgehead atoms. The third-order valence-electron chi connectivity index (χ3n) is 2.69. The molecular weight excluding hydrogens is 206 g/mol. The summed E-state index contributed by atoms with van der Waals surface area (Å²) in [5.41, 5.74) is 5.68. The van der Waals surface area contributed by atoms with E-state index in [1.54, 1.807) is 0 Å². The highest BCUT2D eigenvalue weighted by Gasteiger charge is 2.25. The second-order valence-corrected chi connectivity index (χ2v) is 4.74. The van der Waals surface area contributed by atoms with Gasteiger partial charge in [0.1, 0.15) is 0 Å². The molecule has 2 amide bonds. The molecular formula is C11H21N3O2. The fourth-order valence-corrected chi connectivity index (χ4v) is 1.82. The Kier molecular flexibility index (Phi) is 4.89. The summed E-state index contributed by atoms with van der Waals surface area (Å²) in [6.45, 7) is 4.82. The lowest BCUT2D eigenvalue weighted by molar-refractivity contribution is -0.132. The van der Waals surface area contributed by atoms with Crippen LogP contribution in [0.25, 0.3) is 0 Å². The normalized spacial score (nSPS) is 22.1. The Balaban J connectivity index is 2.35. The van der Waals surface area contributed by atoms with E-state index in [0.29, 0.717) is 12.3 Å². The van der Waals surface area contributed by atoms with Gasteiger partial charge < -0.3 is 11.1 Å². The first-order chi connectivity index (χ1) is 7.50. The Morgan fingerprint density at radius 1 is 1.50 bits per heavy atom. The van der Waals surface area contributed by atoms with Gasteiger partial charge in [0.15, 0.2) is 0 Å². The number of carbonyl (C=O) groups excluding carboxylic acids is 2. The van der Waals surface area contributed by atoms with Gasteiger partial charge in [-0.05, 0) is 31.7 Å². The molecule has 1 heterocycles. The summed E-state index contributed by atoms with van der Waals surface area (Å²) in [7, 11) is 0. The van der Waals surface area contributed by atoms with E-state index >= 15 is 0 Å². The molecule has 0 aromatic rings. The van der Waals surface area contributed by atoms with Crippen molar-refractivity contribution in [3.63, 3.8) is 0 Å². The van der Waals surface area contributed by atoms with Gasteiger partial charge in [-0.2, -0.15) is 0 Å². The van der Waals surface area contributed by atoms with Crippen LogP contribution in [0.15, 0.2) is 0 Å². The molecule has 1 rings (SSSR count). The fraction of sp³-hybridized carbons (Fsp3) is 0.818. The molecule has 92 valence electrons. The molecule has 5 nitrogen and oxygen atoms in total. The first-order valence-corrected chi connectivity index (χ1v) is 5.84. The zero-order chi connectivity index (χ0) is 12.1. The number of imide groups is 1. The maximum atomic E-state index is 11.6. The summed E-state index contributed by atoms with van der Waals surface area (Å²) in [5.74, 6) is -0.269. The Morgan fingerprint density at radius 3 is 2.69 bits per heavy atom. The Hall–Kier alpha value is -0.940. The number of hydrogen-bond acceptors (Lipinski definition) is 4. The maximum Gasteiger partial charge on any atom is 0.243 e. The standard InChI is InChI=1S/C11H21N3O2/c1-7(2)6-8(12)10(15)14-11(16)9-4-3-5-13-9/h7-9,13H,3-6,12H2,1-2H3,(H,14,15,16)/t8-,9-/m0/s1. The molecule has 0 aliphatic carbocycles. The molecule has 4 N–H and O–H groups in total. The van der Waals surface area contributed by atoms with Crippen LogP contribution >= 0.6 is 0 Å². The monoisotopic (exact) mass is 227 g/mol. The predicted octanol–water partition coefficient (Wildman–Crippen LogP) is -0.245. The van der Waals surface area contributed by atoms with E-state index in [-0.39, 0.29) is 17.9 Å². The van der Waals surface area contributed by atoms with Crippen LogP contribution in [0.5, 0.6) is 0 Å². The van der Waals surface area contributed by atoms with Crippen molar-refractivity contribution in [2.24, 2.45) is 11.7 Å². The zero-order valence-corrected chi connectivity index (χ0v) is 9.95. The lowest BCUT2D eigenvalue weighted by atomic mass is 10.0. The number of nitrogens with one attached hydrogen (secondary N) is 2. The van der Waals surface area contributed by atoms with E-state index in [9.17, 15) is 9.59 Å². The average molecular weight is 227 g/mol. The molecule has 0 radical (unpaired) electrons. The van der Waals surface area contributed by atoms with E-state index < -0.39 is 6.04 Å². The summed E-state index contributed by atoms with van der Waals surface area (Å²) in [6, 6.07) is -0.819. The van der Waals surface area contributed by atoms with Crippen LogP contribution in [-0.2, 0) is 9.59 Å². The predicted molar refractivity (Wildman–Crippen MR) is 61.6 cm³/mol. The minimum absolute atomic E-state index is 0.227. The van der Waals surface area contributed by atoms with E-state index in [1.807, 2.05) is 13.8 Å². The van der Waals surface area contributed by atoms with Gasteiger partial charge in [0, 0.05) is 0 Å². The van der Waals surface area contributed by atoms with Crippen LogP contribution in [0.4, 0.5) is 0 Å². The third kappa shape index (κ3) is 3.90. The molecule has 2 atom stereocenters. The van der Waals surface area contributed by atoms with Crippen molar-refractivity contribution in [2.45, 2.75) is 45.2 Å². The van der Waals surface area contributed by atoms with Crippen LogP contribution < -0.4 is 16.4 Å². The molecule has 1 saturated heterocycles. The topological polar surface area (TPSA) is 84.2 Å². The molecule has 0 saturated carbocycles. The highest BCUT2D eigenvalue weighted by molar-refractivity contribution is 5.99. The fourth-order valence-electron chi connectivity index (χ4n) is 1.82. The molecule has 1 aliphatic rings. The maximum absolute atomic E-state index is 11.6. The molecule has 0 aromatic heterocycles.